The van der Waals surface area contributed by atoms with Crippen LogP contribution in [0.1, 0.15) is 12.5 Å². The zero-order chi connectivity index (χ0) is 13.8. The van der Waals surface area contributed by atoms with Crippen LogP contribution >= 0.6 is 0 Å². The second kappa shape index (κ2) is 5.56. The Hall–Kier alpha value is -2.30. The van der Waals surface area contributed by atoms with Crippen LogP contribution in [0, 0.1) is 0 Å². The van der Waals surface area contributed by atoms with Crippen molar-refractivity contribution in [1.82, 2.24) is 9.97 Å². The molecule has 100 valence electrons. The molecule has 0 N–H and O–H groups in total. The number of aromatic nitrogens is 2. The molecule has 2 aromatic rings. The molecule has 0 aliphatic rings. The lowest BCUT2D eigenvalue weighted by molar-refractivity contribution is 0.299. The lowest BCUT2D eigenvalue weighted by Gasteiger charge is -2.11. The highest BCUT2D eigenvalue weighted by molar-refractivity contribution is 5.87. The summed E-state index contributed by atoms with van der Waals surface area (Å²) in [4.78, 5) is 8.69. The largest absolute Gasteiger partial charge is 0.494 e. The Morgan fingerprint density at radius 2 is 2.11 bits per heavy atom. The molecule has 0 radical (unpaired) electrons. The zero-order valence-corrected chi connectivity index (χ0v) is 11.3. The van der Waals surface area contributed by atoms with E-state index in [1.807, 2.05) is 13.0 Å². The molecule has 0 aliphatic heterocycles. The van der Waals surface area contributed by atoms with Gasteiger partial charge in [0.1, 0.15) is 11.3 Å². The van der Waals surface area contributed by atoms with Crippen LogP contribution in [0.4, 0.5) is 0 Å². The molecule has 0 spiro atoms. The van der Waals surface area contributed by atoms with Gasteiger partial charge in [-0.2, -0.15) is 0 Å². The Labute approximate surface area is 111 Å². The molecular weight excluding hydrogens is 244 g/mol. The van der Waals surface area contributed by atoms with Gasteiger partial charge in [-0.3, -0.25) is 4.98 Å². The molecule has 0 amide bonds. The summed E-state index contributed by atoms with van der Waals surface area (Å²) in [5.74, 6) is 1.52. The molecule has 2 heterocycles. The topological polar surface area (TPSA) is 53.5 Å². The number of hydrogen-bond acceptors (Lipinski definition) is 5. The van der Waals surface area contributed by atoms with Crippen LogP contribution in [0.2, 0.25) is 0 Å². The first kappa shape index (κ1) is 13.1. The van der Waals surface area contributed by atoms with E-state index in [0.29, 0.717) is 35.0 Å². The van der Waals surface area contributed by atoms with Crippen molar-refractivity contribution in [2.24, 2.45) is 0 Å². The van der Waals surface area contributed by atoms with Crippen LogP contribution in [0.3, 0.4) is 0 Å². The summed E-state index contributed by atoms with van der Waals surface area (Å²) in [5.41, 5.74) is 2.18. The van der Waals surface area contributed by atoms with Gasteiger partial charge in [0.05, 0.1) is 26.3 Å². The Morgan fingerprint density at radius 3 is 2.74 bits per heavy atom. The van der Waals surface area contributed by atoms with Crippen molar-refractivity contribution in [3.8, 4) is 11.6 Å². The van der Waals surface area contributed by atoms with Crippen molar-refractivity contribution in [3.63, 3.8) is 0 Å². The smallest absolute Gasteiger partial charge is 0.257 e. The highest BCUT2D eigenvalue weighted by atomic mass is 16.5. The summed E-state index contributed by atoms with van der Waals surface area (Å²) >= 11 is 0. The fourth-order valence-corrected chi connectivity index (χ4v) is 1.81. The number of fused-ring (bicyclic) bond motifs is 1. The predicted molar refractivity (Wildman–Crippen MR) is 73.3 cm³/mol. The maximum Gasteiger partial charge on any atom is 0.257 e. The number of ether oxygens (including phenoxy) is 3. The van der Waals surface area contributed by atoms with E-state index in [0.717, 1.165) is 5.56 Å². The van der Waals surface area contributed by atoms with E-state index in [-0.39, 0.29) is 0 Å². The third kappa shape index (κ3) is 2.45. The number of nitrogens with zero attached hydrogens (tertiary/aromatic N) is 2. The van der Waals surface area contributed by atoms with Crippen LogP contribution in [-0.4, -0.2) is 30.8 Å². The number of pyridine rings is 2. The number of rotatable bonds is 5. The summed E-state index contributed by atoms with van der Waals surface area (Å²) < 4.78 is 15.8. The van der Waals surface area contributed by atoms with E-state index in [9.17, 15) is 0 Å². The van der Waals surface area contributed by atoms with Crippen molar-refractivity contribution in [2.75, 3.05) is 20.8 Å². The summed E-state index contributed by atoms with van der Waals surface area (Å²) in [6.45, 7) is 6.36. The van der Waals surface area contributed by atoms with E-state index in [1.54, 1.807) is 26.5 Å². The van der Waals surface area contributed by atoms with Gasteiger partial charge in [-0.1, -0.05) is 6.58 Å². The summed E-state index contributed by atoms with van der Waals surface area (Å²) in [5, 5.41) is 0. The third-order valence-corrected chi connectivity index (χ3v) is 2.68. The standard InChI is InChI=1S/C14H16N2O3/c1-5-19-9(2)10-6-7-15-11-8-12(17-3)14(18-4)16-13(10)11/h6-8H,2,5H2,1,3-4H3. The van der Waals surface area contributed by atoms with Gasteiger partial charge >= 0.3 is 0 Å². The SMILES string of the molecule is C=C(OCC)c1ccnc2cc(OC)c(OC)nc12. The Bertz CT molecular complexity index is 611. The van der Waals surface area contributed by atoms with E-state index in [1.165, 1.54) is 0 Å². The lowest BCUT2D eigenvalue weighted by atomic mass is 10.1. The lowest BCUT2D eigenvalue weighted by Crippen LogP contribution is -1.98. The highest BCUT2D eigenvalue weighted by Gasteiger charge is 2.13. The van der Waals surface area contributed by atoms with Crippen LogP contribution < -0.4 is 9.47 Å². The van der Waals surface area contributed by atoms with Gasteiger partial charge < -0.3 is 14.2 Å². The molecule has 2 aromatic heterocycles. The number of hydrogen-bond donors (Lipinski definition) is 0. The van der Waals surface area contributed by atoms with Crippen molar-refractivity contribution >= 4 is 16.8 Å². The molecule has 0 unspecified atom stereocenters. The Morgan fingerprint density at radius 1 is 1.32 bits per heavy atom. The fourth-order valence-electron chi connectivity index (χ4n) is 1.81. The first-order chi connectivity index (χ1) is 9.21. The second-order valence-electron chi connectivity index (χ2n) is 3.78. The molecule has 0 aliphatic carbocycles. The van der Waals surface area contributed by atoms with Crippen LogP contribution in [0.5, 0.6) is 11.6 Å². The van der Waals surface area contributed by atoms with Crippen molar-refractivity contribution in [3.05, 3.63) is 30.5 Å². The summed E-state index contributed by atoms with van der Waals surface area (Å²) in [6.07, 6.45) is 1.69. The monoisotopic (exact) mass is 260 g/mol. The molecule has 0 aromatic carbocycles. The third-order valence-electron chi connectivity index (χ3n) is 2.68. The molecule has 0 saturated heterocycles. The van der Waals surface area contributed by atoms with Gasteiger partial charge in [0.25, 0.3) is 5.88 Å². The van der Waals surface area contributed by atoms with Gasteiger partial charge in [0.15, 0.2) is 5.75 Å². The summed E-state index contributed by atoms with van der Waals surface area (Å²) in [6, 6.07) is 3.60. The van der Waals surface area contributed by atoms with E-state index in [4.69, 9.17) is 14.2 Å². The van der Waals surface area contributed by atoms with E-state index < -0.39 is 0 Å². The van der Waals surface area contributed by atoms with Gasteiger partial charge in [0.2, 0.25) is 0 Å². The second-order valence-corrected chi connectivity index (χ2v) is 3.78. The van der Waals surface area contributed by atoms with Gasteiger partial charge in [-0.15, -0.1) is 0 Å². The van der Waals surface area contributed by atoms with Crippen LogP contribution in [-0.2, 0) is 4.74 Å². The molecule has 0 saturated carbocycles. The van der Waals surface area contributed by atoms with E-state index >= 15 is 0 Å². The molecule has 2 rings (SSSR count). The first-order valence-corrected chi connectivity index (χ1v) is 5.91. The average molecular weight is 260 g/mol. The molecular formula is C14H16N2O3. The van der Waals surface area contributed by atoms with Crippen molar-refractivity contribution < 1.29 is 14.2 Å². The molecule has 0 fully saturated rings. The van der Waals surface area contributed by atoms with Crippen LogP contribution in [0.15, 0.2) is 24.9 Å². The molecule has 0 bridgehead atoms. The van der Waals surface area contributed by atoms with E-state index in [2.05, 4.69) is 16.5 Å². The average Bonchev–Trinajstić information content (AvgIpc) is 2.45. The molecule has 5 nitrogen and oxygen atoms in total. The van der Waals surface area contributed by atoms with Gasteiger partial charge in [0, 0.05) is 17.8 Å². The number of methoxy groups -OCH3 is 2. The van der Waals surface area contributed by atoms with Gasteiger partial charge in [-0.25, -0.2) is 4.98 Å². The maximum atomic E-state index is 5.43. The minimum Gasteiger partial charge on any atom is -0.494 e. The Kier molecular flexibility index (Phi) is 3.85. The summed E-state index contributed by atoms with van der Waals surface area (Å²) in [7, 11) is 3.11. The van der Waals surface area contributed by atoms with Crippen molar-refractivity contribution in [1.29, 1.82) is 0 Å². The van der Waals surface area contributed by atoms with Crippen LogP contribution in [0.25, 0.3) is 16.8 Å². The quantitative estimate of drug-likeness (QED) is 0.773. The predicted octanol–water partition coefficient (Wildman–Crippen LogP) is 2.65. The minimum atomic E-state index is 0.411. The highest BCUT2D eigenvalue weighted by Crippen LogP contribution is 2.31. The maximum absolute atomic E-state index is 5.43. The fraction of sp³-hybridized carbons (Fsp3) is 0.286. The molecule has 5 heteroatoms. The zero-order valence-electron chi connectivity index (χ0n) is 11.3. The van der Waals surface area contributed by atoms with Crippen molar-refractivity contribution in [2.45, 2.75) is 6.92 Å². The van der Waals surface area contributed by atoms with Gasteiger partial charge in [-0.05, 0) is 13.0 Å². The minimum absolute atomic E-state index is 0.411. The Balaban J connectivity index is 2.64. The molecule has 0 atom stereocenters. The first-order valence-electron chi connectivity index (χ1n) is 5.91. The molecule has 19 heavy (non-hydrogen) atoms. The normalized spacial score (nSPS) is 10.3.